The largest absolute Gasteiger partial charge is 0.486 e. The Morgan fingerprint density at radius 2 is 1.81 bits per heavy atom. The second-order valence-electron chi connectivity index (χ2n) is 6.31. The van der Waals surface area contributed by atoms with Gasteiger partial charge in [-0.15, -0.1) is 0 Å². The molecule has 0 heterocycles. The average molecular weight is 456 g/mol. The number of oxime groups is 1. The molecule has 0 aliphatic heterocycles. The monoisotopic (exact) mass is 455 g/mol. The number of ether oxygens (including phenoxy) is 1. The van der Waals surface area contributed by atoms with E-state index in [2.05, 4.69) is 11.2 Å². The molecular weight excluding hydrogens is 441 g/mol. The van der Waals surface area contributed by atoms with Gasteiger partial charge in [0, 0.05) is 17.7 Å². The molecule has 0 bridgehead atoms. The smallest absolute Gasteiger partial charge is 0.269 e. The summed E-state index contributed by atoms with van der Waals surface area (Å²) in [5.41, 5.74) is 2.41. The Labute approximate surface area is 188 Å². The van der Waals surface area contributed by atoms with Gasteiger partial charge in [0.25, 0.3) is 5.69 Å². The Bertz CT molecular complexity index is 1150. The van der Waals surface area contributed by atoms with Crippen LogP contribution in [0, 0.1) is 21.4 Å². The summed E-state index contributed by atoms with van der Waals surface area (Å²) in [5, 5.41) is 24.4. The fourth-order valence-corrected chi connectivity index (χ4v) is 3.28. The summed E-state index contributed by atoms with van der Waals surface area (Å²) in [6.45, 7) is 0.210. The van der Waals surface area contributed by atoms with Crippen LogP contribution in [-0.2, 0) is 18.1 Å². The number of rotatable bonds is 8. The average Bonchev–Trinajstić information content (AvgIpc) is 2.76. The zero-order chi connectivity index (χ0) is 22.2. The molecule has 0 saturated heterocycles. The molecule has 0 N–H and O–H groups in total. The topological polar surface area (TPSA) is 97.8 Å². The minimum absolute atomic E-state index is 0.0170. The third-order valence-electron chi connectivity index (χ3n) is 4.16. The molecule has 3 rings (SSSR count). The molecule has 3 aromatic carbocycles. The van der Waals surface area contributed by atoms with Gasteiger partial charge >= 0.3 is 0 Å². The van der Waals surface area contributed by atoms with Crippen LogP contribution in [0.3, 0.4) is 0 Å². The number of nitriles is 1. The highest BCUT2D eigenvalue weighted by Gasteiger charge is 2.11. The molecule has 0 amide bonds. The summed E-state index contributed by atoms with van der Waals surface area (Å²) in [5.74, 6) is 0.297. The molecule has 0 saturated carbocycles. The molecule has 0 spiro atoms. The second-order valence-corrected chi connectivity index (χ2v) is 7.12. The highest BCUT2D eigenvalue weighted by atomic mass is 35.5. The van der Waals surface area contributed by atoms with Crippen molar-refractivity contribution in [2.75, 3.05) is 0 Å². The number of hydrogen-bond donors (Lipinski definition) is 0. The number of nitrogens with zero attached hydrogens (tertiary/aromatic N) is 3. The standard InChI is InChI=1S/C22H15Cl2N3O4/c23-20-9-16(12-26-31-13-15-4-3-7-19(8-15)27(28)29)10-21(24)22(20)30-14-18-6-2-1-5-17(18)11-25/h1-10,12H,13-14H2/b26-12-. The minimum Gasteiger partial charge on any atom is -0.486 e. The van der Waals surface area contributed by atoms with Gasteiger partial charge in [-0.1, -0.05) is 58.7 Å². The van der Waals surface area contributed by atoms with Gasteiger partial charge in [0.05, 0.1) is 32.8 Å². The lowest BCUT2D eigenvalue weighted by Crippen LogP contribution is -2.00. The minimum atomic E-state index is -0.473. The van der Waals surface area contributed by atoms with Gasteiger partial charge in [0.1, 0.15) is 13.2 Å². The quantitative estimate of drug-likeness (QED) is 0.239. The van der Waals surface area contributed by atoms with E-state index in [4.69, 9.17) is 38.0 Å². The van der Waals surface area contributed by atoms with Crippen LogP contribution in [-0.4, -0.2) is 11.1 Å². The van der Waals surface area contributed by atoms with Gasteiger partial charge < -0.3 is 9.57 Å². The van der Waals surface area contributed by atoms with E-state index >= 15 is 0 Å². The molecule has 9 heteroatoms. The van der Waals surface area contributed by atoms with E-state index in [0.717, 1.165) is 5.56 Å². The first-order chi connectivity index (χ1) is 15.0. The van der Waals surface area contributed by atoms with Crippen LogP contribution >= 0.6 is 23.2 Å². The van der Waals surface area contributed by atoms with E-state index < -0.39 is 4.92 Å². The maximum absolute atomic E-state index is 10.8. The first-order valence-corrected chi connectivity index (χ1v) is 9.72. The lowest BCUT2D eigenvalue weighted by atomic mass is 10.1. The van der Waals surface area contributed by atoms with E-state index in [1.54, 1.807) is 42.5 Å². The Balaban J connectivity index is 1.63. The molecule has 0 radical (unpaired) electrons. The van der Waals surface area contributed by atoms with Crippen molar-refractivity contribution in [3.05, 3.63) is 103 Å². The van der Waals surface area contributed by atoms with Gasteiger partial charge in [-0.25, -0.2) is 0 Å². The Hall–Kier alpha value is -3.60. The van der Waals surface area contributed by atoms with Gasteiger partial charge in [0.15, 0.2) is 5.75 Å². The van der Waals surface area contributed by atoms with Crippen molar-refractivity contribution in [3.8, 4) is 11.8 Å². The van der Waals surface area contributed by atoms with Crippen molar-refractivity contribution in [1.82, 2.24) is 0 Å². The number of non-ortho nitro benzene ring substituents is 1. The highest BCUT2D eigenvalue weighted by Crippen LogP contribution is 2.34. The summed E-state index contributed by atoms with van der Waals surface area (Å²) in [6.07, 6.45) is 1.42. The molecule has 31 heavy (non-hydrogen) atoms. The lowest BCUT2D eigenvalue weighted by molar-refractivity contribution is -0.384. The van der Waals surface area contributed by atoms with Gasteiger partial charge in [-0.3, -0.25) is 10.1 Å². The van der Waals surface area contributed by atoms with E-state index in [-0.39, 0.29) is 28.9 Å². The zero-order valence-electron chi connectivity index (χ0n) is 16.0. The predicted molar refractivity (Wildman–Crippen MR) is 117 cm³/mol. The van der Waals surface area contributed by atoms with Crippen LogP contribution in [0.5, 0.6) is 5.75 Å². The van der Waals surface area contributed by atoms with Crippen LogP contribution in [0.1, 0.15) is 22.3 Å². The molecule has 7 nitrogen and oxygen atoms in total. The van der Waals surface area contributed by atoms with Crippen molar-refractivity contribution in [2.45, 2.75) is 13.2 Å². The van der Waals surface area contributed by atoms with Gasteiger partial charge in [0.2, 0.25) is 0 Å². The highest BCUT2D eigenvalue weighted by molar-refractivity contribution is 6.37. The zero-order valence-corrected chi connectivity index (χ0v) is 17.5. The van der Waals surface area contributed by atoms with Crippen LogP contribution in [0.25, 0.3) is 0 Å². The van der Waals surface area contributed by atoms with E-state index in [1.165, 1.54) is 18.3 Å². The van der Waals surface area contributed by atoms with E-state index in [9.17, 15) is 10.1 Å². The van der Waals surface area contributed by atoms with Crippen molar-refractivity contribution >= 4 is 35.1 Å². The first-order valence-electron chi connectivity index (χ1n) is 8.96. The van der Waals surface area contributed by atoms with Crippen molar-refractivity contribution in [3.63, 3.8) is 0 Å². The Kier molecular flexibility index (Phi) is 7.44. The molecule has 0 aliphatic carbocycles. The summed E-state index contributed by atoms with van der Waals surface area (Å²) in [6, 6.07) is 18.5. The van der Waals surface area contributed by atoms with E-state index in [0.29, 0.717) is 22.4 Å². The number of hydrogen-bond acceptors (Lipinski definition) is 6. The summed E-state index contributed by atoms with van der Waals surface area (Å²) in [4.78, 5) is 15.5. The molecular formula is C22H15Cl2N3O4. The molecule has 0 aliphatic rings. The fourth-order valence-electron chi connectivity index (χ4n) is 2.67. The number of halogens is 2. The molecule has 156 valence electrons. The van der Waals surface area contributed by atoms with Crippen molar-refractivity contribution < 1.29 is 14.5 Å². The van der Waals surface area contributed by atoms with Crippen LogP contribution in [0.2, 0.25) is 10.0 Å². The summed E-state index contributed by atoms with van der Waals surface area (Å²) in [7, 11) is 0. The van der Waals surface area contributed by atoms with Crippen molar-refractivity contribution in [2.24, 2.45) is 5.16 Å². The predicted octanol–water partition coefficient (Wildman–Crippen LogP) is 5.90. The third-order valence-corrected chi connectivity index (χ3v) is 4.72. The maximum Gasteiger partial charge on any atom is 0.269 e. The lowest BCUT2D eigenvalue weighted by Gasteiger charge is -2.11. The van der Waals surface area contributed by atoms with Crippen molar-refractivity contribution in [1.29, 1.82) is 5.26 Å². The molecule has 0 fully saturated rings. The van der Waals surface area contributed by atoms with Crippen LogP contribution in [0.4, 0.5) is 5.69 Å². The fraction of sp³-hybridized carbons (Fsp3) is 0.0909. The first kappa shape index (κ1) is 22.1. The number of nitro groups is 1. The number of benzene rings is 3. The Morgan fingerprint density at radius 1 is 1.06 bits per heavy atom. The van der Waals surface area contributed by atoms with Crippen LogP contribution < -0.4 is 4.74 Å². The van der Waals surface area contributed by atoms with Gasteiger partial charge in [-0.2, -0.15) is 5.26 Å². The second kappa shape index (κ2) is 10.4. The maximum atomic E-state index is 10.8. The molecule has 0 atom stereocenters. The Morgan fingerprint density at radius 3 is 2.52 bits per heavy atom. The number of nitro benzene ring substituents is 1. The third kappa shape index (κ3) is 5.95. The summed E-state index contributed by atoms with van der Waals surface area (Å²) < 4.78 is 5.72. The SMILES string of the molecule is N#Cc1ccccc1COc1c(Cl)cc(/C=N\OCc2cccc([N+](=O)[O-])c2)cc1Cl. The van der Waals surface area contributed by atoms with E-state index in [1.807, 2.05) is 6.07 Å². The normalized spacial score (nSPS) is 10.6. The molecule has 0 unspecified atom stereocenters. The van der Waals surface area contributed by atoms with Gasteiger partial charge in [-0.05, 0) is 29.3 Å². The molecule has 0 aromatic heterocycles. The summed E-state index contributed by atoms with van der Waals surface area (Å²) >= 11 is 12.6. The molecule has 3 aromatic rings. The van der Waals surface area contributed by atoms with Crippen LogP contribution in [0.15, 0.2) is 65.8 Å².